The van der Waals surface area contributed by atoms with Crippen molar-refractivity contribution >= 4 is 23.2 Å². The molecule has 1 aromatic heterocycles. The van der Waals surface area contributed by atoms with Gasteiger partial charge in [-0.05, 0) is 60.4 Å². The predicted molar refractivity (Wildman–Crippen MR) is 112 cm³/mol. The lowest BCUT2D eigenvalue weighted by atomic mass is 9.87. The summed E-state index contributed by atoms with van der Waals surface area (Å²) in [6.45, 7) is 0. The van der Waals surface area contributed by atoms with Gasteiger partial charge >= 0.3 is 0 Å². The number of fused-ring (bicyclic) bond motifs is 3. The first-order valence-electron chi connectivity index (χ1n) is 9.03. The number of benzene rings is 3. The largest absolute Gasteiger partial charge is 0.232 e. The van der Waals surface area contributed by atoms with Crippen LogP contribution in [-0.4, -0.2) is 9.78 Å². The van der Waals surface area contributed by atoms with Gasteiger partial charge in [-0.3, -0.25) is 0 Å². The van der Waals surface area contributed by atoms with Crippen LogP contribution < -0.4 is 0 Å². The maximum absolute atomic E-state index is 13.5. The van der Waals surface area contributed by atoms with Crippen molar-refractivity contribution in [2.75, 3.05) is 0 Å². The van der Waals surface area contributed by atoms with Gasteiger partial charge in [0.2, 0.25) is 0 Å². The second kappa shape index (κ2) is 6.77. The van der Waals surface area contributed by atoms with E-state index < -0.39 is 0 Å². The summed E-state index contributed by atoms with van der Waals surface area (Å²) in [7, 11) is 0. The zero-order chi connectivity index (χ0) is 19.3. The molecule has 3 aromatic carbocycles. The first-order valence-corrected chi connectivity index (χ1v) is 9.79. The molecule has 5 heteroatoms. The van der Waals surface area contributed by atoms with E-state index >= 15 is 0 Å². The molecule has 0 radical (unpaired) electrons. The van der Waals surface area contributed by atoms with Crippen LogP contribution in [0.1, 0.15) is 11.3 Å². The van der Waals surface area contributed by atoms with Crippen LogP contribution in [0.3, 0.4) is 0 Å². The average Bonchev–Trinajstić information content (AvgIpc) is 3.11. The Hall–Kier alpha value is -2.62. The first-order chi connectivity index (χ1) is 13.6. The maximum Gasteiger partial charge on any atom is 0.123 e. The van der Waals surface area contributed by atoms with Crippen LogP contribution in [0.4, 0.5) is 4.39 Å². The van der Waals surface area contributed by atoms with Crippen molar-refractivity contribution in [1.29, 1.82) is 0 Å². The fraction of sp³-hybridized carbons (Fsp3) is 0.0870. The van der Waals surface area contributed by atoms with Gasteiger partial charge in [0.15, 0.2) is 0 Å². The molecule has 0 unspecified atom stereocenters. The number of hydrogen-bond acceptors (Lipinski definition) is 1. The van der Waals surface area contributed by atoms with Gasteiger partial charge in [0.1, 0.15) is 5.82 Å². The lowest BCUT2D eigenvalue weighted by Crippen LogP contribution is -2.03. The Balaban J connectivity index is 1.83. The van der Waals surface area contributed by atoms with E-state index in [0.717, 1.165) is 41.0 Å². The van der Waals surface area contributed by atoms with E-state index in [1.54, 1.807) is 18.2 Å². The average molecular weight is 409 g/mol. The van der Waals surface area contributed by atoms with Crippen molar-refractivity contribution in [3.05, 3.63) is 93.8 Å². The number of aromatic nitrogens is 2. The van der Waals surface area contributed by atoms with Crippen molar-refractivity contribution in [3.63, 3.8) is 0 Å². The highest BCUT2D eigenvalue weighted by molar-refractivity contribution is 6.42. The van der Waals surface area contributed by atoms with Crippen LogP contribution in [0.15, 0.2) is 66.7 Å². The molecule has 0 bridgehead atoms. The molecule has 138 valence electrons. The SMILES string of the molecule is Fc1ccc(-n2nc3c(c2-c2ccc(Cl)c(Cl)c2)-c2ccccc2CC3)cc1. The standard InChI is InChI=1S/C23H15Cl2FN2/c24-19-11-5-15(13-20(19)25)23-22-18-4-2-1-3-14(18)6-12-21(22)27-28(23)17-9-7-16(26)8-10-17/h1-5,7-11,13H,6,12H2. The number of hydrogen-bond donors (Lipinski definition) is 0. The Morgan fingerprint density at radius 3 is 2.43 bits per heavy atom. The van der Waals surface area contributed by atoms with Gasteiger partial charge in [0.05, 0.1) is 27.1 Å². The minimum absolute atomic E-state index is 0.276. The quantitative estimate of drug-likeness (QED) is 0.358. The van der Waals surface area contributed by atoms with Crippen LogP contribution in [0, 0.1) is 5.82 Å². The fourth-order valence-electron chi connectivity index (χ4n) is 3.84. The Morgan fingerprint density at radius 2 is 1.64 bits per heavy atom. The van der Waals surface area contributed by atoms with E-state index in [0.29, 0.717) is 10.0 Å². The lowest BCUT2D eigenvalue weighted by molar-refractivity contribution is 0.627. The minimum atomic E-state index is -0.276. The van der Waals surface area contributed by atoms with Gasteiger partial charge in [0, 0.05) is 11.1 Å². The summed E-state index contributed by atoms with van der Waals surface area (Å²) in [4.78, 5) is 0. The molecule has 0 spiro atoms. The first kappa shape index (κ1) is 17.5. The molecule has 0 saturated heterocycles. The molecule has 5 rings (SSSR count). The van der Waals surface area contributed by atoms with Crippen LogP contribution in [0.5, 0.6) is 0 Å². The highest BCUT2D eigenvalue weighted by Gasteiger charge is 2.26. The van der Waals surface area contributed by atoms with Gasteiger partial charge in [-0.2, -0.15) is 5.10 Å². The smallest absolute Gasteiger partial charge is 0.123 e. The Labute approximate surface area is 172 Å². The van der Waals surface area contributed by atoms with Gasteiger partial charge in [0.25, 0.3) is 0 Å². The van der Waals surface area contributed by atoms with Crippen molar-refractivity contribution in [1.82, 2.24) is 9.78 Å². The molecule has 0 fully saturated rings. The fourth-order valence-corrected chi connectivity index (χ4v) is 4.13. The predicted octanol–water partition coefficient (Wildman–Crippen LogP) is 6.75. The highest BCUT2D eigenvalue weighted by Crippen LogP contribution is 2.42. The van der Waals surface area contributed by atoms with E-state index in [2.05, 4.69) is 18.2 Å². The van der Waals surface area contributed by atoms with Crippen LogP contribution in [0.2, 0.25) is 10.0 Å². The summed E-state index contributed by atoms with van der Waals surface area (Å²) in [6.07, 6.45) is 1.80. The van der Waals surface area contributed by atoms with Gasteiger partial charge in [-0.25, -0.2) is 9.07 Å². The summed E-state index contributed by atoms with van der Waals surface area (Å²) in [5.74, 6) is -0.276. The number of aryl methyl sites for hydroxylation is 2. The second-order valence-electron chi connectivity index (χ2n) is 6.84. The van der Waals surface area contributed by atoms with Crippen molar-refractivity contribution in [2.24, 2.45) is 0 Å². The van der Waals surface area contributed by atoms with E-state index in [1.165, 1.54) is 23.3 Å². The molecule has 0 amide bonds. The van der Waals surface area contributed by atoms with Crippen LogP contribution >= 0.6 is 23.2 Å². The zero-order valence-electron chi connectivity index (χ0n) is 14.8. The summed E-state index contributed by atoms with van der Waals surface area (Å²) >= 11 is 12.5. The molecule has 4 aromatic rings. The van der Waals surface area contributed by atoms with E-state index in [4.69, 9.17) is 28.3 Å². The van der Waals surface area contributed by atoms with Gasteiger partial charge in [-0.1, -0.05) is 53.5 Å². The highest BCUT2D eigenvalue weighted by atomic mass is 35.5. The van der Waals surface area contributed by atoms with Crippen LogP contribution in [-0.2, 0) is 12.8 Å². The molecule has 2 nitrogen and oxygen atoms in total. The third-order valence-electron chi connectivity index (χ3n) is 5.14. The van der Waals surface area contributed by atoms with E-state index in [1.807, 2.05) is 22.9 Å². The van der Waals surface area contributed by atoms with Crippen molar-refractivity contribution in [3.8, 4) is 28.1 Å². The minimum Gasteiger partial charge on any atom is -0.232 e. The third-order valence-corrected chi connectivity index (χ3v) is 5.88. The Bertz CT molecular complexity index is 1200. The molecule has 0 saturated carbocycles. The molecule has 0 N–H and O–H groups in total. The monoisotopic (exact) mass is 408 g/mol. The molecular weight excluding hydrogens is 394 g/mol. The van der Waals surface area contributed by atoms with Crippen molar-refractivity contribution < 1.29 is 4.39 Å². The van der Waals surface area contributed by atoms with Crippen molar-refractivity contribution in [2.45, 2.75) is 12.8 Å². The topological polar surface area (TPSA) is 17.8 Å². The zero-order valence-corrected chi connectivity index (χ0v) is 16.3. The number of halogens is 3. The van der Waals surface area contributed by atoms with Crippen LogP contribution in [0.25, 0.3) is 28.1 Å². The van der Waals surface area contributed by atoms with E-state index in [-0.39, 0.29) is 5.82 Å². The number of nitrogens with zero attached hydrogens (tertiary/aromatic N) is 2. The van der Waals surface area contributed by atoms with Gasteiger partial charge in [-0.15, -0.1) is 0 Å². The molecule has 1 aliphatic rings. The number of rotatable bonds is 2. The Kier molecular flexibility index (Phi) is 4.22. The Morgan fingerprint density at radius 1 is 0.857 bits per heavy atom. The second-order valence-corrected chi connectivity index (χ2v) is 7.66. The summed E-state index contributed by atoms with van der Waals surface area (Å²) in [6, 6.07) is 20.4. The lowest BCUT2D eigenvalue weighted by Gasteiger charge is -2.17. The molecule has 1 aliphatic carbocycles. The van der Waals surface area contributed by atoms with E-state index in [9.17, 15) is 4.39 Å². The molecular formula is C23H15Cl2FN2. The molecule has 0 atom stereocenters. The normalized spacial score (nSPS) is 12.5. The molecule has 1 heterocycles. The molecule has 28 heavy (non-hydrogen) atoms. The third kappa shape index (κ3) is 2.83. The van der Waals surface area contributed by atoms with Gasteiger partial charge < -0.3 is 0 Å². The summed E-state index contributed by atoms with van der Waals surface area (Å²) < 4.78 is 15.4. The summed E-state index contributed by atoms with van der Waals surface area (Å²) in [5.41, 5.74) is 7.27. The summed E-state index contributed by atoms with van der Waals surface area (Å²) in [5, 5.41) is 5.89. The maximum atomic E-state index is 13.5. The molecule has 0 aliphatic heterocycles.